The number of esters is 1. The fourth-order valence-electron chi connectivity index (χ4n) is 2.52. The average Bonchev–Trinajstić information content (AvgIpc) is 3.20. The molecule has 0 aliphatic carbocycles. The van der Waals surface area contributed by atoms with Crippen molar-refractivity contribution < 1.29 is 28.2 Å². The number of benzene rings is 2. The molecule has 0 radical (unpaired) electrons. The lowest BCUT2D eigenvalue weighted by molar-refractivity contribution is 0.0438. The number of aromatic nitrogens is 1. The van der Waals surface area contributed by atoms with E-state index in [1.165, 1.54) is 33.5 Å². The molecule has 27 heavy (non-hydrogen) atoms. The summed E-state index contributed by atoms with van der Waals surface area (Å²) in [5.74, 6) is 1.48. The predicted octanol–water partition coefficient (Wildman–Crippen LogP) is 3.72. The van der Waals surface area contributed by atoms with Crippen LogP contribution in [0.3, 0.4) is 0 Å². The fourth-order valence-corrected chi connectivity index (χ4v) is 2.52. The summed E-state index contributed by atoms with van der Waals surface area (Å²) >= 11 is 0. The fraction of sp³-hybridized carbons (Fsp3) is 0.200. The molecule has 140 valence electrons. The van der Waals surface area contributed by atoms with Crippen molar-refractivity contribution in [3.63, 3.8) is 0 Å². The summed E-state index contributed by atoms with van der Waals surface area (Å²) in [6.07, 6.45) is 1.60. The van der Waals surface area contributed by atoms with Crippen LogP contribution in [-0.4, -0.2) is 32.3 Å². The zero-order chi connectivity index (χ0) is 19.2. The summed E-state index contributed by atoms with van der Waals surface area (Å²) in [4.78, 5) is 16.5. The molecule has 0 atom stereocenters. The first-order chi connectivity index (χ1) is 13.2. The molecular formula is C20H19NO6. The summed E-state index contributed by atoms with van der Waals surface area (Å²) in [5.41, 5.74) is 1.16. The van der Waals surface area contributed by atoms with Gasteiger partial charge in [0, 0.05) is 5.56 Å². The predicted molar refractivity (Wildman–Crippen MR) is 97.2 cm³/mol. The molecule has 1 aromatic heterocycles. The van der Waals surface area contributed by atoms with Gasteiger partial charge in [-0.3, -0.25) is 0 Å². The molecule has 0 aliphatic rings. The zero-order valence-electron chi connectivity index (χ0n) is 15.2. The van der Waals surface area contributed by atoms with Gasteiger partial charge in [0.2, 0.25) is 11.6 Å². The second kappa shape index (κ2) is 8.27. The summed E-state index contributed by atoms with van der Waals surface area (Å²) < 4.78 is 26.6. The van der Waals surface area contributed by atoms with Gasteiger partial charge >= 0.3 is 5.97 Å². The highest BCUT2D eigenvalue weighted by Gasteiger charge is 2.18. The zero-order valence-corrected chi connectivity index (χ0v) is 15.2. The van der Waals surface area contributed by atoms with Crippen molar-refractivity contribution in [3.05, 3.63) is 60.1 Å². The van der Waals surface area contributed by atoms with Crippen LogP contribution in [-0.2, 0) is 11.3 Å². The van der Waals surface area contributed by atoms with Gasteiger partial charge in [-0.15, -0.1) is 0 Å². The van der Waals surface area contributed by atoms with Crippen LogP contribution in [0.2, 0.25) is 0 Å². The average molecular weight is 369 g/mol. The van der Waals surface area contributed by atoms with E-state index in [0.29, 0.717) is 28.9 Å². The molecule has 0 saturated carbocycles. The third-order valence-electron chi connectivity index (χ3n) is 3.84. The molecule has 1 heterocycles. The van der Waals surface area contributed by atoms with E-state index in [4.69, 9.17) is 23.4 Å². The van der Waals surface area contributed by atoms with Gasteiger partial charge in [0.1, 0.15) is 0 Å². The van der Waals surface area contributed by atoms with E-state index in [0.717, 1.165) is 5.56 Å². The first-order valence-electron chi connectivity index (χ1n) is 8.13. The lowest BCUT2D eigenvalue weighted by atomic mass is 10.2. The Kier molecular flexibility index (Phi) is 5.61. The van der Waals surface area contributed by atoms with Crippen molar-refractivity contribution >= 4 is 5.97 Å². The Labute approximate surface area is 156 Å². The molecule has 0 unspecified atom stereocenters. The number of oxazole rings is 1. The second-order valence-electron chi connectivity index (χ2n) is 5.47. The van der Waals surface area contributed by atoms with Crippen molar-refractivity contribution in [1.82, 2.24) is 4.98 Å². The number of carbonyl (C=O) groups excluding carboxylic acids is 1. The standard InChI is InChI=1S/C20H19NO6/c1-23-15-9-14(10-16(24-2)19(15)25-3)20(22)26-12-18-21-11-17(27-18)13-7-5-4-6-8-13/h4-11H,12H2,1-3H3. The van der Waals surface area contributed by atoms with Crippen molar-refractivity contribution in [3.8, 4) is 28.6 Å². The minimum absolute atomic E-state index is 0.0949. The quantitative estimate of drug-likeness (QED) is 0.587. The van der Waals surface area contributed by atoms with E-state index in [9.17, 15) is 4.79 Å². The number of carbonyl (C=O) groups is 1. The molecule has 0 amide bonds. The third kappa shape index (κ3) is 4.03. The third-order valence-corrected chi connectivity index (χ3v) is 3.84. The number of ether oxygens (including phenoxy) is 4. The van der Waals surface area contributed by atoms with Gasteiger partial charge in [0.15, 0.2) is 23.9 Å². The van der Waals surface area contributed by atoms with E-state index in [-0.39, 0.29) is 12.2 Å². The maximum absolute atomic E-state index is 12.4. The van der Waals surface area contributed by atoms with Crippen LogP contribution in [0.15, 0.2) is 53.1 Å². The molecule has 0 aliphatic heterocycles. The molecule has 0 bridgehead atoms. The number of rotatable bonds is 7. The van der Waals surface area contributed by atoms with Crippen molar-refractivity contribution in [2.45, 2.75) is 6.61 Å². The molecule has 3 aromatic rings. The first kappa shape index (κ1) is 18.3. The van der Waals surface area contributed by atoms with Crippen molar-refractivity contribution in [2.24, 2.45) is 0 Å². The molecule has 0 N–H and O–H groups in total. The van der Waals surface area contributed by atoms with Gasteiger partial charge < -0.3 is 23.4 Å². The largest absolute Gasteiger partial charge is 0.493 e. The minimum Gasteiger partial charge on any atom is -0.493 e. The monoisotopic (exact) mass is 369 g/mol. The molecule has 0 saturated heterocycles. The van der Waals surface area contributed by atoms with Gasteiger partial charge in [0.25, 0.3) is 0 Å². The van der Waals surface area contributed by atoms with Crippen molar-refractivity contribution in [2.75, 3.05) is 21.3 Å². The van der Waals surface area contributed by atoms with E-state index in [1.807, 2.05) is 30.3 Å². The highest BCUT2D eigenvalue weighted by molar-refractivity contribution is 5.91. The molecule has 0 fully saturated rings. The van der Waals surface area contributed by atoms with Crippen molar-refractivity contribution in [1.29, 1.82) is 0 Å². The Bertz CT molecular complexity index is 894. The molecule has 7 heteroatoms. The summed E-state index contributed by atoms with van der Waals surface area (Å²) in [5, 5.41) is 0. The lowest BCUT2D eigenvalue weighted by Gasteiger charge is -2.13. The molecular weight excluding hydrogens is 350 g/mol. The van der Waals surface area contributed by atoms with Crippen LogP contribution in [0.25, 0.3) is 11.3 Å². The molecule has 2 aromatic carbocycles. The Balaban J connectivity index is 1.72. The van der Waals surface area contributed by atoms with Gasteiger partial charge in [-0.05, 0) is 12.1 Å². The molecule has 7 nitrogen and oxygen atoms in total. The van der Waals surface area contributed by atoms with Gasteiger partial charge in [-0.2, -0.15) is 0 Å². The highest BCUT2D eigenvalue weighted by Crippen LogP contribution is 2.38. The van der Waals surface area contributed by atoms with Gasteiger partial charge in [-0.1, -0.05) is 30.3 Å². The van der Waals surface area contributed by atoms with Crippen LogP contribution in [0.4, 0.5) is 0 Å². The molecule has 0 spiro atoms. The van der Waals surface area contributed by atoms with E-state index in [2.05, 4.69) is 4.98 Å². The first-order valence-corrected chi connectivity index (χ1v) is 8.13. The van der Waals surface area contributed by atoms with E-state index < -0.39 is 5.97 Å². The molecule has 3 rings (SSSR count). The lowest BCUT2D eigenvalue weighted by Crippen LogP contribution is -2.07. The summed E-state index contributed by atoms with van der Waals surface area (Å²) in [6, 6.07) is 12.6. The van der Waals surface area contributed by atoms with Crippen LogP contribution < -0.4 is 14.2 Å². The van der Waals surface area contributed by atoms with Crippen LogP contribution >= 0.6 is 0 Å². The topological polar surface area (TPSA) is 80.0 Å². The maximum Gasteiger partial charge on any atom is 0.338 e. The summed E-state index contributed by atoms with van der Waals surface area (Å²) in [7, 11) is 4.44. The van der Waals surface area contributed by atoms with Gasteiger partial charge in [-0.25, -0.2) is 9.78 Å². The van der Waals surface area contributed by atoms with Crippen LogP contribution in [0.1, 0.15) is 16.2 Å². The van der Waals surface area contributed by atoms with E-state index in [1.54, 1.807) is 6.20 Å². The number of hydrogen-bond acceptors (Lipinski definition) is 7. The number of methoxy groups -OCH3 is 3. The second-order valence-corrected chi connectivity index (χ2v) is 5.47. The smallest absolute Gasteiger partial charge is 0.338 e. The Hall–Kier alpha value is -3.48. The number of nitrogens with zero attached hydrogens (tertiary/aromatic N) is 1. The number of hydrogen-bond donors (Lipinski definition) is 0. The van der Waals surface area contributed by atoms with Crippen LogP contribution in [0.5, 0.6) is 17.2 Å². The Morgan fingerprint density at radius 1 is 1.00 bits per heavy atom. The Morgan fingerprint density at radius 2 is 1.67 bits per heavy atom. The SMILES string of the molecule is COc1cc(C(=O)OCc2ncc(-c3ccccc3)o2)cc(OC)c1OC. The Morgan fingerprint density at radius 3 is 2.26 bits per heavy atom. The van der Waals surface area contributed by atoms with Crippen LogP contribution in [0, 0.1) is 0 Å². The highest BCUT2D eigenvalue weighted by atomic mass is 16.5. The minimum atomic E-state index is -0.561. The van der Waals surface area contributed by atoms with E-state index >= 15 is 0 Å². The maximum atomic E-state index is 12.4. The summed E-state index contributed by atoms with van der Waals surface area (Å²) in [6.45, 7) is -0.0949. The van der Waals surface area contributed by atoms with Gasteiger partial charge in [0.05, 0.1) is 33.1 Å². The normalized spacial score (nSPS) is 10.3.